The van der Waals surface area contributed by atoms with Crippen LogP contribution in [0.1, 0.15) is 5.69 Å². The summed E-state index contributed by atoms with van der Waals surface area (Å²) in [7, 11) is -1.94. The van der Waals surface area contributed by atoms with Crippen molar-refractivity contribution < 1.29 is 17.9 Å². The quantitative estimate of drug-likeness (QED) is 0.502. The van der Waals surface area contributed by atoms with Crippen LogP contribution in [-0.2, 0) is 21.8 Å². The van der Waals surface area contributed by atoms with Gasteiger partial charge in [0, 0.05) is 38.1 Å². The largest absolute Gasteiger partial charge is 0.475 e. The first-order valence-electron chi connectivity index (χ1n) is 8.88. The minimum absolute atomic E-state index is 0.0280. The second-order valence-electron chi connectivity index (χ2n) is 6.59. The number of sulfonamides is 1. The van der Waals surface area contributed by atoms with E-state index in [4.69, 9.17) is 9.47 Å². The highest BCUT2D eigenvalue weighted by atomic mass is 32.2. The van der Waals surface area contributed by atoms with Crippen LogP contribution in [0.4, 0.5) is 0 Å². The lowest BCUT2D eigenvalue weighted by molar-refractivity contribution is -0.0261. The SMILES string of the molecule is CSc1nc2nc(C)cc(OCC3CN(S(=O)(=O)c4cn(C)cn4)CCO3)n2n1. The van der Waals surface area contributed by atoms with Gasteiger partial charge in [-0.25, -0.2) is 18.4 Å². The summed E-state index contributed by atoms with van der Waals surface area (Å²) in [5.41, 5.74) is 0.747. The van der Waals surface area contributed by atoms with E-state index in [0.29, 0.717) is 16.8 Å². The number of nitrogens with zero attached hydrogens (tertiary/aromatic N) is 7. The predicted octanol–water partition coefficient (Wildman–Crippen LogP) is 0.357. The van der Waals surface area contributed by atoms with Crippen molar-refractivity contribution in [1.29, 1.82) is 0 Å². The number of aryl methyl sites for hydroxylation is 2. The molecule has 0 bridgehead atoms. The number of ether oxygens (including phenoxy) is 2. The monoisotopic (exact) mass is 439 g/mol. The van der Waals surface area contributed by atoms with E-state index in [1.165, 1.54) is 33.1 Å². The first-order valence-corrected chi connectivity index (χ1v) is 11.5. The highest BCUT2D eigenvalue weighted by molar-refractivity contribution is 7.98. The molecule has 3 aromatic rings. The van der Waals surface area contributed by atoms with Crippen molar-refractivity contribution in [2.45, 2.75) is 23.2 Å². The summed E-state index contributed by atoms with van der Waals surface area (Å²) in [5, 5.41) is 4.98. The van der Waals surface area contributed by atoms with Gasteiger partial charge in [-0.1, -0.05) is 11.8 Å². The maximum absolute atomic E-state index is 12.8. The third-order valence-electron chi connectivity index (χ3n) is 4.37. The fraction of sp³-hybridized carbons (Fsp3) is 0.500. The third kappa shape index (κ3) is 4.08. The van der Waals surface area contributed by atoms with Gasteiger partial charge in [-0.3, -0.25) is 0 Å². The fourth-order valence-corrected chi connectivity index (χ4v) is 4.73. The Morgan fingerprint density at radius 1 is 1.38 bits per heavy atom. The number of morpholine rings is 1. The van der Waals surface area contributed by atoms with Crippen LogP contribution >= 0.6 is 11.8 Å². The number of fused-ring (bicyclic) bond motifs is 1. The molecule has 1 aliphatic heterocycles. The highest BCUT2D eigenvalue weighted by Gasteiger charge is 2.32. The van der Waals surface area contributed by atoms with E-state index in [1.54, 1.807) is 17.7 Å². The van der Waals surface area contributed by atoms with Gasteiger partial charge in [-0.15, -0.1) is 5.10 Å². The van der Waals surface area contributed by atoms with E-state index in [1.807, 2.05) is 13.2 Å². The standard InChI is InChI=1S/C16H21N7O4S2/c1-11-6-14(23-15(18-11)19-16(20-23)28-3)27-9-12-7-22(4-5-26-12)29(24,25)13-8-21(2)10-17-13/h6,8,10,12H,4-5,7,9H2,1-3H3. The number of thioether (sulfide) groups is 1. The smallest absolute Gasteiger partial charge is 0.262 e. The lowest BCUT2D eigenvalue weighted by Gasteiger charge is -2.31. The third-order valence-corrected chi connectivity index (χ3v) is 6.66. The molecule has 4 rings (SSSR count). The first-order chi connectivity index (χ1) is 13.9. The molecule has 1 aliphatic rings. The fourth-order valence-electron chi connectivity index (χ4n) is 2.97. The lowest BCUT2D eigenvalue weighted by Crippen LogP contribution is -2.47. The molecule has 0 aromatic carbocycles. The Bertz CT molecular complexity index is 1130. The molecule has 11 nitrogen and oxygen atoms in total. The van der Waals surface area contributed by atoms with Gasteiger partial charge in [0.1, 0.15) is 12.7 Å². The van der Waals surface area contributed by atoms with Gasteiger partial charge in [-0.05, 0) is 13.2 Å². The molecular weight excluding hydrogens is 418 g/mol. The Balaban J connectivity index is 1.48. The minimum Gasteiger partial charge on any atom is -0.475 e. The van der Waals surface area contributed by atoms with Gasteiger partial charge in [0.2, 0.25) is 11.0 Å². The van der Waals surface area contributed by atoms with Crippen molar-refractivity contribution in [2.24, 2.45) is 7.05 Å². The normalized spacial score (nSPS) is 18.4. The van der Waals surface area contributed by atoms with Gasteiger partial charge in [0.25, 0.3) is 15.8 Å². The molecular formula is C16H21N7O4S2. The summed E-state index contributed by atoms with van der Waals surface area (Å²) in [6, 6.07) is 1.76. The molecule has 13 heteroatoms. The van der Waals surface area contributed by atoms with E-state index in [2.05, 4.69) is 20.1 Å². The molecule has 29 heavy (non-hydrogen) atoms. The van der Waals surface area contributed by atoms with E-state index in [0.717, 1.165) is 5.69 Å². The molecule has 156 valence electrons. The van der Waals surface area contributed by atoms with Crippen LogP contribution in [0, 0.1) is 6.92 Å². The van der Waals surface area contributed by atoms with Gasteiger partial charge in [-0.2, -0.15) is 13.8 Å². The Hall–Kier alpha value is -2.22. The van der Waals surface area contributed by atoms with Crippen LogP contribution < -0.4 is 4.74 Å². The van der Waals surface area contributed by atoms with Gasteiger partial charge in [0.15, 0.2) is 5.03 Å². The zero-order valence-electron chi connectivity index (χ0n) is 16.2. The number of aromatic nitrogens is 6. The molecule has 1 fully saturated rings. The lowest BCUT2D eigenvalue weighted by atomic mass is 10.3. The highest BCUT2D eigenvalue weighted by Crippen LogP contribution is 2.20. The molecule has 1 unspecified atom stereocenters. The number of imidazole rings is 1. The first kappa shape index (κ1) is 20.1. The topological polar surface area (TPSA) is 117 Å². The maximum atomic E-state index is 12.8. The van der Waals surface area contributed by atoms with E-state index in [-0.39, 0.29) is 31.3 Å². The second-order valence-corrected chi connectivity index (χ2v) is 9.25. The number of hydrogen-bond donors (Lipinski definition) is 0. The van der Waals surface area contributed by atoms with Crippen LogP contribution in [0.15, 0.2) is 28.8 Å². The molecule has 0 aliphatic carbocycles. The average Bonchev–Trinajstić information content (AvgIpc) is 3.32. The van der Waals surface area contributed by atoms with E-state index < -0.39 is 16.1 Å². The molecule has 0 saturated carbocycles. The summed E-state index contributed by atoms with van der Waals surface area (Å²) >= 11 is 1.41. The van der Waals surface area contributed by atoms with Crippen LogP contribution in [0.25, 0.3) is 5.78 Å². The van der Waals surface area contributed by atoms with Crippen molar-refractivity contribution in [2.75, 3.05) is 32.6 Å². The summed E-state index contributed by atoms with van der Waals surface area (Å²) in [6.45, 7) is 2.75. The molecule has 1 atom stereocenters. The van der Waals surface area contributed by atoms with Crippen molar-refractivity contribution >= 4 is 27.6 Å². The van der Waals surface area contributed by atoms with Gasteiger partial charge < -0.3 is 14.0 Å². The second kappa shape index (κ2) is 7.89. The van der Waals surface area contributed by atoms with E-state index in [9.17, 15) is 8.42 Å². The summed E-state index contributed by atoms with van der Waals surface area (Å²) in [4.78, 5) is 12.6. The van der Waals surface area contributed by atoms with Crippen LogP contribution in [0.2, 0.25) is 0 Å². The summed E-state index contributed by atoms with van der Waals surface area (Å²) in [6.07, 6.45) is 4.41. The van der Waals surface area contributed by atoms with Crippen molar-refractivity contribution in [3.8, 4) is 5.88 Å². The zero-order chi connectivity index (χ0) is 20.6. The molecule has 3 aromatic heterocycles. The van der Waals surface area contributed by atoms with Crippen LogP contribution in [0.5, 0.6) is 5.88 Å². The molecule has 4 heterocycles. The maximum Gasteiger partial charge on any atom is 0.262 e. The Kier molecular flexibility index (Phi) is 5.46. The average molecular weight is 440 g/mol. The molecule has 0 spiro atoms. The molecule has 1 saturated heterocycles. The van der Waals surface area contributed by atoms with Crippen LogP contribution in [0.3, 0.4) is 0 Å². The zero-order valence-corrected chi connectivity index (χ0v) is 17.9. The summed E-state index contributed by atoms with van der Waals surface area (Å²) < 4.78 is 41.7. The molecule has 0 N–H and O–H groups in total. The van der Waals surface area contributed by atoms with Crippen molar-refractivity contribution in [1.82, 2.24) is 33.4 Å². The predicted molar refractivity (Wildman–Crippen MR) is 105 cm³/mol. The summed E-state index contributed by atoms with van der Waals surface area (Å²) in [5.74, 6) is 0.932. The van der Waals surface area contributed by atoms with E-state index >= 15 is 0 Å². The molecule has 0 amide bonds. The van der Waals surface area contributed by atoms with Gasteiger partial charge >= 0.3 is 0 Å². The minimum atomic E-state index is -3.67. The van der Waals surface area contributed by atoms with Crippen molar-refractivity contribution in [3.05, 3.63) is 24.3 Å². The van der Waals surface area contributed by atoms with Crippen molar-refractivity contribution in [3.63, 3.8) is 0 Å². The number of hydrogen-bond acceptors (Lipinski definition) is 9. The van der Waals surface area contributed by atoms with Crippen LogP contribution in [-0.4, -0.2) is 80.5 Å². The Morgan fingerprint density at radius 3 is 2.93 bits per heavy atom. The molecule has 0 radical (unpaired) electrons. The Morgan fingerprint density at radius 2 is 2.21 bits per heavy atom. The Labute approximate surface area is 172 Å². The van der Waals surface area contributed by atoms with Gasteiger partial charge in [0.05, 0.1) is 12.9 Å². The number of rotatable bonds is 6.